The molecule has 1 aromatic heterocycles. The maximum atomic E-state index is 12.2. The molecule has 0 saturated heterocycles. The molecular formula is C22H16BrNO2. The molecule has 0 aliphatic carbocycles. The highest BCUT2D eigenvalue weighted by atomic mass is 79.9. The van der Waals surface area contributed by atoms with Crippen LogP contribution in [0.2, 0.25) is 0 Å². The Morgan fingerprint density at radius 3 is 2.58 bits per heavy atom. The van der Waals surface area contributed by atoms with E-state index in [2.05, 4.69) is 34.1 Å². The van der Waals surface area contributed by atoms with Gasteiger partial charge in [0, 0.05) is 20.8 Å². The minimum atomic E-state index is -0.317. The van der Waals surface area contributed by atoms with Crippen molar-refractivity contribution in [3.05, 3.63) is 76.8 Å². The van der Waals surface area contributed by atoms with E-state index in [1.165, 1.54) is 0 Å². The second-order valence-corrected chi connectivity index (χ2v) is 6.88. The van der Waals surface area contributed by atoms with Crippen molar-refractivity contribution in [2.45, 2.75) is 6.92 Å². The van der Waals surface area contributed by atoms with Gasteiger partial charge < -0.3 is 4.74 Å². The molecule has 3 nitrogen and oxygen atoms in total. The fourth-order valence-corrected chi connectivity index (χ4v) is 3.59. The summed E-state index contributed by atoms with van der Waals surface area (Å²) in [5, 5.41) is 1.99. The molecule has 3 aromatic carbocycles. The number of hydrogen-bond acceptors (Lipinski definition) is 3. The van der Waals surface area contributed by atoms with Crippen molar-refractivity contribution in [1.82, 2.24) is 4.98 Å². The molecule has 0 radical (unpaired) electrons. The van der Waals surface area contributed by atoms with E-state index in [-0.39, 0.29) is 5.97 Å². The lowest BCUT2D eigenvalue weighted by Crippen LogP contribution is -2.04. The molecule has 0 atom stereocenters. The van der Waals surface area contributed by atoms with E-state index in [0.29, 0.717) is 12.2 Å². The molecule has 4 rings (SSSR count). The topological polar surface area (TPSA) is 39.2 Å². The van der Waals surface area contributed by atoms with Crippen LogP contribution in [0.4, 0.5) is 0 Å². The number of ether oxygens (including phenoxy) is 1. The van der Waals surface area contributed by atoms with Gasteiger partial charge in [-0.3, -0.25) is 0 Å². The molecule has 4 aromatic rings. The van der Waals surface area contributed by atoms with E-state index in [0.717, 1.165) is 37.4 Å². The van der Waals surface area contributed by atoms with E-state index in [1.807, 2.05) is 42.5 Å². The van der Waals surface area contributed by atoms with E-state index in [9.17, 15) is 4.79 Å². The Hall–Kier alpha value is -2.72. The summed E-state index contributed by atoms with van der Waals surface area (Å²) >= 11 is 3.56. The third-order valence-electron chi connectivity index (χ3n) is 4.30. The maximum Gasteiger partial charge on any atom is 0.338 e. The van der Waals surface area contributed by atoms with Crippen molar-refractivity contribution in [2.24, 2.45) is 0 Å². The second-order valence-electron chi connectivity index (χ2n) is 5.97. The van der Waals surface area contributed by atoms with Crippen LogP contribution in [-0.4, -0.2) is 17.6 Å². The predicted octanol–water partition coefficient (Wildman–Crippen LogP) is 5.99. The number of para-hydroxylation sites is 1. The Balaban J connectivity index is 2.08. The van der Waals surface area contributed by atoms with Crippen LogP contribution in [-0.2, 0) is 4.74 Å². The third kappa shape index (κ3) is 2.97. The Morgan fingerprint density at radius 2 is 1.77 bits per heavy atom. The first kappa shape index (κ1) is 16.7. The minimum Gasteiger partial charge on any atom is -0.462 e. The average Bonchev–Trinajstić information content (AvgIpc) is 2.65. The number of nitrogens with zero attached hydrogens (tertiary/aromatic N) is 1. The number of fused-ring (bicyclic) bond motifs is 2. The van der Waals surface area contributed by atoms with Crippen LogP contribution in [0.25, 0.3) is 32.9 Å². The monoisotopic (exact) mass is 405 g/mol. The summed E-state index contributed by atoms with van der Waals surface area (Å²) in [6.07, 6.45) is 0. The normalized spacial score (nSPS) is 11.0. The van der Waals surface area contributed by atoms with Crippen LogP contribution in [0.1, 0.15) is 17.3 Å². The van der Waals surface area contributed by atoms with Gasteiger partial charge in [-0.1, -0.05) is 46.3 Å². The number of carbonyl (C=O) groups excluding carboxylic acids is 1. The van der Waals surface area contributed by atoms with Gasteiger partial charge in [0.2, 0.25) is 0 Å². The Bertz CT molecular complexity index is 1140. The second kappa shape index (κ2) is 6.89. The highest BCUT2D eigenvalue weighted by Crippen LogP contribution is 2.36. The molecule has 4 heteroatoms. The molecule has 0 fully saturated rings. The van der Waals surface area contributed by atoms with Crippen LogP contribution >= 0.6 is 15.9 Å². The molecule has 0 bridgehead atoms. The zero-order chi connectivity index (χ0) is 18.1. The smallest absolute Gasteiger partial charge is 0.338 e. The zero-order valence-corrected chi connectivity index (χ0v) is 15.8. The lowest BCUT2D eigenvalue weighted by atomic mass is 9.95. The molecule has 0 saturated carbocycles. The molecule has 0 amide bonds. The van der Waals surface area contributed by atoms with Crippen molar-refractivity contribution in [3.63, 3.8) is 0 Å². The Labute approximate surface area is 159 Å². The molecule has 0 aliphatic rings. The van der Waals surface area contributed by atoms with Crippen molar-refractivity contribution in [3.8, 4) is 11.1 Å². The summed E-state index contributed by atoms with van der Waals surface area (Å²) in [7, 11) is 0. The highest BCUT2D eigenvalue weighted by Gasteiger charge is 2.14. The standard InChI is InChI=1S/C22H16BrNO2/c1-2-26-22(25)15-10-11-20-18(13-15)21(14-6-5-7-16(23)12-14)17-8-3-4-9-19(17)24-20/h3-13H,2H2,1H3. The molecule has 1 heterocycles. The molecule has 0 spiro atoms. The predicted molar refractivity (Wildman–Crippen MR) is 108 cm³/mol. The number of esters is 1. The van der Waals surface area contributed by atoms with Crippen molar-refractivity contribution >= 4 is 43.7 Å². The summed E-state index contributed by atoms with van der Waals surface area (Å²) in [6, 6.07) is 21.8. The van der Waals surface area contributed by atoms with E-state index in [1.54, 1.807) is 13.0 Å². The van der Waals surface area contributed by atoms with Gasteiger partial charge in [0.15, 0.2) is 0 Å². The lowest BCUT2D eigenvalue weighted by Gasteiger charge is -2.13. The maximum absolute atomic E-state index is 12.2. The minimum absolute atomic E-state index is 0.317. The van der Waals surface area contributed by atoms with Gasteiger partial charge in [0.1, 0.15) is 0 Å². The summed E-state index contributed by atoms with van der Waals surface area (Å²) in [6.45, 7) is 2.16. The van der Waals surface area contributed by atoms with Gasteiger partial charge in [-0.05, 0) is 48.9 Å². The first-order valence-corrected chi connectivity index (χ1v) is 9.22. The fraction of sp³-hybridized carbons (Fsp3) is 0.0909. The van der Waals surface area contributed by atoms with E-state index < -0.39 is 0 Å². The van der Waals surface area contributed by atoms with Crippen LogP contribution in [0.5, 0.6) is 0 Å². The number of rotatable bonds is 3. The largest absolute Gasteiger partial charge is 0.462 e. The molecule has 0 aliphatic heterocycles. The summed E-state index contributed by atoms with van der Waals surface area (Å²) in [5.74, 6) is -0.317. The summed E-state index contributed by atoms with van der Waals surface area (Å²) in [5.41, 5.74) is 4.46. The summed E-state index contributed by atoms with van der Waals surface area (Å²) in [4.78, 5) is 17.0. The highest BCUT2D eigenvalue weighted by molar-refractivity contribution is 9.10. The van der Waals surface area contributed by atoms with Gasteiger partial charge >= 0.3 is 5.97 Å². The van der Waals surface area contributed by atoms with Crippen LogP contribution in [0.15, 0.2) is 71.2 Å². The van der Waals surface area contributed by atoms with Gasteiger partial charge in [-0.25, -0.2) is 9.78 Å². The molecule has 128 valence electrons. The Morgan fingerprint density at radius 1 is 0.962 bits per heavy atom. The number of pyridine rings is 1. The van der Waals surface area contributed by atoms with Gasteiger partial charge in [0.25, 0.3) is 0 Å². The quantitative estimate of drug-likeness (QED) is 0.310. The van der Waals surface area contributed by atoms with Crippen molar-refractivity contribution in [1.29, 1.82) is 0 Å². The molecule has 0 N–H and O–H groups in total. The fourth-order valence-electron chi connectivity index (χ4n) is 3.19. The number of carbonyl (C=O) groups is 1. The Kier molecular flexibility index (Phi) is 4.43. The number of benzene rings is 3. The average molecular weight is 406 g/mol. The zero-order valence-electron chi connectivity index (χ0n) is 14.2. The van der Waals surface area contributed by atoms with Crippen molar-refractivity contribution in [2.75, 3.05) is 6.61 Å². The van der Waals surface area contributed by atoms with Gasteiger partial charge in [-0.15, -0.1) is 0 Å². The third-order valence-corrected chi connectivity index (χ3v) is 4.80. The molecule has 0 unspecified atom stereocenters. The van der Waals surface area contributed by atoms with Gasteiger partial charge in [-0.2, -0.15) is 0 Å². The van der Waals surface area contributed by atoms with E-state index >= 15 is 0 Å². The number of halogens is 1. The molecular weight excluding hydrogens is 390 g/mol. The molecule has 26 heavy (non-hydrogen) atoms. The SMILES string of the molecule is CCOC(=O)c1ccc2nc3ccccc3c(-c3cccc(Br)c3)c2c1. The van der Waals surface area contributed by atoms with E-state index in [4.69, 9.17) is 9.72 Å². The summed E-state index contributed by atoms with van der Waals surface area (Å²) < 4.78 is 6.17. The van der Waals surface area contributed by atoms with Crippen LogP contribution < -0.4 is 0 Å². The first-order chi connectivity index (χ1) is 12.7. The van der Waals surface area contributed by atoms with Gasteiger partial charge in [0.05, 0.1) is 23.2 Å². The van der Waals surface area contributed by atoms with Crippen LogP contribution in [0, 0.1) is 0 Å². The number of hydrogen-bond donors (Lipinski definition) is 0. The number of aromatic nitrogens is 1. The first-order valence-electron chi connectivity index (χ1n) is 8.43. The van der Waals surface area contributed by atoms with Crippen LogP contribution in [0.3, 0.4) is 0 Å². The van der Waals surface area contributed by atoms with Crippen molar-refractivity contribution < 1.29 is 9.53 Å². The lowest BCUT2D eigenvalue weighted by molar-refractivity contribution is 0.0526.